The Bertz CT molecular complexity index is 1160. The van der Waals surface area contributed by atoms with Gasteiger partial charge in [0, 0.05) is 37.9 Å². The molecule has 1 saturated heterocycles. The van der Waals surface area contributed by atoms with Crippen molar-refractivity contribution in [3.8, 4) is 22.8 Å². The SMILES string of the molecule is Cc1ccc(-c2noc(-c3ccc(N4CCN(C(=O)c5ccco5)CC4)nc3)n2)cc1. The number of piperazine rings is 1. The number of carbonyl (C=O) groups is 1. The molecule has 0 saturated carbocycles. The normalized spacial score (nSPS) is 14.1. The van der Waals surface area contributed by atoms with E-state index in [2.05, 4.69) is 20.0 Å². The summed E-state index contributed by atoms with van der Waals surface area (Å²) in [6, 6.07) is 15.3. The molecule has 8 nitrogen and oxygen atoms in total. The first-order valence-electron chi connectivity index (χ1n) is 10.1. The number of nitrogens with zero attached hydrogens (tertiary/aromatic N) is 5. The van der Waals surface area contributed by atoms with Crippen molar-refractivity contribution in [2.75, 3.05) is 31.1 Å². The van der Waals surface area contributed by atoms with Gasteiger partial charge >= 0.3 is 0 Å². The summed E-state index contributed by atoms with van der Waals surface area (Å²) < 4.78 is 10.6. The molecule has 0 aliphatic carbocycles. The summed E-state index contributed by atoms with van der Waals surface area (Å²) in [6.07, 6.45) is 3.25. The lowest BCUT2D eigenvalue weighted by Gasteiger charge is -2.35. The number of hydrogen-bond donors (Lipinski definition) is 0. The first kappa shape index (κ1) is 19.0. The summed E-state index contributed by atoms with van der Waals surface area (Å²) in [4.78, 5) is 25.4. The van der Waals surface area contributed by atoms with E-state index in [9.17, 15) is 4.79 Å². The monoisotopic (exact) mass is 415 g/mol. The Labute approximate surface area is 179 Å². The Hall–Kier alpha value is -3.94. The molecule has 1 aromatic carbocycles. The third-order valence-corrected chi connectivity index (χ3v) is 5.35. The fourth-order valence-corrected chi connectivity index (χ4v) is 3.55. The van der Waals surface area contributed by atoms with Gasteiger partial charge in [-0.3, -0.25) is 4.79 Å². The molecule has 1 aliphatic rings. The molecule has 8 heteroatoms. The van der Waals surface area contributed by atoms with Gasteiger partial charge in [-0.15, -0.1) is 0 Å². The molecule has 0 bridgehead atoms. The molecule has 5 rings (SSSR count). The summed E-state index contributed by atoms with van der Waals surface area (Å²) in [5, 5.41) is 4.08. The molecular weight excluding hydrogens is 394 g/mol. The second-order valence-corrected chi connectivity index (χ2v) is 7.45. The van der Waals surface area contributed by atoms with Crippen LogP contribution in [0.25, 0.3) is 22.8 Å². The number of furan rings is 1. The topological polar surface area (TPSA) is 88.5 Å². The second kappa shape index (κ2) is 8.06. The van der Waals surface area contributed by atoms with Crippen molar-refractivity contribution in [2.45, 2.75) is 6.92 Å². The standard InChI is InChI=1S/C23H21N5O3/c1-16-4-6-17(7-5-16)21-25-22(31-26-21)18-8-9-20(24-15-18)27-10-12-28(13-11-27)23(29)19-3-2-14-30-19/h2-9,14-15H,10-13H2,1H3. The molecular formula is C23H21N5O3. The number of amides is 1. The van der Waals surface area contributed by atoms with Crippen molar-refractivity contribution in [1.82, 2.24) is 20.0 Å². The maximum atomic E-state index is 12.4. The van der Waals surface area contributed by atoms with Gasteiger partial charge in [0.05, 0.1) is 11.8 Å². The predicted molar refractivity (Wildman–Crippen MR) is 115 cm³/mol. The fraction of sp³-hybridized carbons (Fsp3) is 0.217. The first-order chi connectivity index (χ1) is 15.2. The van der Waals surface area contributed by atoms with Gasteiger partial charge in [0.2, 0.25) is 5.82 Å². The highest BCUT2D eigenvalue weighted by molar-refractivity contribution is 5.91. The van der Waals surface area contributed by atoms with Gasteiger partial charge in [-0.2, -0.15) is 4.98 Å². The van der Waals surface area contributed by atoms with Gasteiger partial charge in [0.15, 0.2) is 5.76 Å². The first-order valence-corrected chi connectivity index (χ1v) is 10.1. The molecule has 1 fully saturated rings. The molecule has 0 N–H and O–H groups in total. The fourth-order valence-electron chi connectivity index (χ4n) is 3.55. The summed E-state index contributed by atoms with van der Waals surface area (Å²) >= 11 is 0. The Morgan fingerprint density at radius 3 is 2.42 bits per heavy atom. The minimum absolute atomic E-state index is 0.0752. The summed E-state index contributed by atoms with van der Waals surface area (Å²) in [5.74, 6) is 2.14. The molecule has 31 heavy (non-hydrogen) atoms. The van der Waals surface area contributed by atoms with E-state index in [1.807, 2.05) is 43.3 Å². The number of hydrogen-bond acceptors (Lipinski definition) is 7. The highest BCUT2D eigenvalue weighted by Crippen LogP contribution is 2.24. The minimum atomic E-state index is -0.0752. The predicted octanol–water partition coefficient (Wildman–Crippen LogP) is 3.66. The third kappa shape index (κ3) is 3.92. The lowest BCUT2D eigenvalue weighted by Crippen LogP contribution is -2.49. The van der Waals surface area contributed by atoms with E-state index in [1.165, 1.54) is 11.8 Å². The van der Waals surface area contributed by atoms with E-state index in [1.54, 1.807) is 23.2 Å². The molecule has 1 amide bonds. The zero-order valence-corrected chi connectivity index (χ0v) is 17.1. The third-order valence-electron chi connectivity index (χ3n) is 5.35. The van der Waals surface area contributed by atoms with Crippen LogP contribution in [0.15, 0.2) is 69.9 Å². The van der Waals surface area contributed by atoms with Crippen LogP contribution in [0.2, 0.25) is 0 Å². The van der Waals surface area contributed by atoms with Crippen LogP contribution in [-0.2, 0) is 0 Å². The lowest BCUT2D eigenvalue weighted by molar-refractivity contribution is 0.0714. The minimum Gasteiger partial charge on any atom is -0.459 e. The molecule has 0 atom stereocenters. The van der Waals surface area contributed by atoms with E-state index in [4.69, 9.17) is 8.94 Å². The number of pyridine rings is 1. The Morgan fingerprint density at radius 1 is 0.968 bits per heavy atom. The van der Waals surface area contributed by atoms with Gasteiger partial charge < -0.3 is 18.7 Å². The average molecular weight is 415 g/mol. The summed E-state index contributed by atoms with van der Waals surface area (Å²) in [5.41, 5.74) is 2.85. The number of carbonyl (C=O) groups excluding carboxylic acids is 1. The Morgan fingerprint density at radius 2 is 1.74 bits per heavy atom. The van der Waals surface area contributed by atoms with Crippen molar-refractivity contribution >= 4 is 11.7 Å². The van der Waals surface area contributed by atoms with Crippen LogP contribution in [0.4, 0.5) is 5.82 Å². The zero-order chi connectivity index (χ0) is 21.2. The smallest absolute Gasteiger partial charge is 0.289 e. The average Bonchev–Trinajstić information content (AvgIpc) is 3.52. The van der Waals surface area contributed by atoms with Gasteiger partial charge in [0.25, 0.3) is 11.8 Å². The number of aryl methyl sites for hydroxylation is 1. The van der Waals surface area contributed by atoms with Crippen LogP contribution in [0, 0.1) is 6.92 Å². The Balaban J connectivity index is 1.24. The van der Waals surface area contributed by atoms with Crippen LogP contribution in [0.5, 0.6) is 0 Å². The van der Waals surface area contributed by atoms with Crippen LogP contribution in [0.1, 0.15) is 16.1 Å². The Kier molecular flexibility index (Phi) is 4.95. The summed E-state index contributed by atoms with van der Waals surface area (Å²) in [7, 11) is 0. The van der Waals surface area contributed by atoms with Crippen LogP contribution in [0.3, 0.4) is 0 Å². The molecule has 4 heterocycles. The van der Waals surface area contributed by atoms with Crippen molar-refractivity contribution in [3.63, 3.8) is 0 Å². The lowest BCUT2D eigenvalue weighted by atomic mass is 10.1. The molecule has 156 valence electrons. The van der Waals surface area contributed by atoms with E-state index >= 15 is 0 Å². The number of rotatable bonds is 4. The van der Waals surface area contributed by atoms with Crippen LogP contribution < -0.4 is 4.90 Å². The molecule has 0 radical (unpaired) electrons. The van der Waals surface area contributed by atoms with Crippen molar-refractivity contribution in [3.05, 3.63) is 72.3 Å². The zero-order valence-electron chi connectivity index (χ0n) is 17.1. The van der Waals surface area contributed by atoms with Crippen LogP contribution in [-0.4, -0.2) is 52.1 Å². The van der Waals surface area contributed by atoms with Gasteiger partial charge in [-0.1, -0.05) is 35.0 Å². The van der Waals surface area contributed by atoms with E-state index in [-0.39, 0.29) is 5.91 Å². The van der Waals surface area contributed by atoms with E-state index < -0.39 is 0 Å². The van der Waals surface area contributed by atoms with Crippen molar-refractivity contribution in [1.29, 1.82) is 0 Å². The second-order valence-electron chi connectivity index (χ2n) is 7.45. The molecule has 0 unspecified atom stereocenters. The number of anilines is 1. The summed E-state index contributed by atoms with van der Waals surface area (Å²) in [6.45, 7) is 4.68. The largest absolute Gasteiger partial charge is 0.459 e. The van der Waals surface area contributed by atoms with E-state index in [0.29, 0.717) is 43.7 Å². The van der Waals surface area contributed by atoms with Gasteiger partial charge in [-0.25, -0.2) is 4.98 Å². The highest BCUT2D eigenvalue weighted by Gasteiger charge is 2.24. The van der Waals surface area contributed by atoms with Gasteiger partial charge in [0.1, 0.15) is 5.82 Å². The van der Waals surface area contributed by atoms with Crippen molar-refractivity contribution < 1.29 is 13.7 Å². The molecule has 3 aromatic heterocycles. The number of benzene rings is 1. The van der Waals surface area contributed by atoms with Gasteiger partial charge in [-0.05, 0) is 31.2 Å². The molecule has 1 aliphatic heterocycles. The molecule has 0 spiro atoms. The van der Waals surface area contributed by atoms with Crippen molar-refractivity contribution in [2.24, 2.45) is 0 Å². The molecule has 4 aromatic rings. The quantitative estimate of drug-likeness (QED) is 0.502. The van der Waals surface area contributed by atoms with Crippen LogP contribution >= 0.6 is 0 Å². The highest BCUT2D eigenvalue weighted by atomic mass is 16.5. The maximum Gasteiger partial charge on any atom is 0.289 e. The number of aromatic nitrogens is 3. The maximum absolute atomic E-state index is 12.4. The van der Waals surface area contributed by atoms with E-state index in [0.717, 1.165) is 16.9 Å².